The smallest absolute Gasteiger partial charge is 0.329 e. The Morgan fingerprint density at radius 3 is 2.63 bits per heavy atom. The molecule has 7 nitrogen and oxygen atoms in total. The fourth-order valence-electron chi connectivity index (χ4n) is 1.57. The first kappa shape index (κ1) is 13.3. The number of sulfonamides is 1. The number of hydrogen-bond donors (Lipinski definition) is 2. The van der Waals surface area contributed by atoms with Gasteiger partial charge >= 0.3 is 6.01 Å². The molecule has 0 amide bonds. The molecule has 0 fully saturated rings. The van der Waals surface area contributed by atoms with Crippen LogP contribution in [-0.4, -0.2) is 18.6 Å². The molecule has 19 heavy (non-hydrogen) atoms. The first-order chi connectivity index (χ1) is 8.92. The molecule has 2 aromatic rings. The topological polar surface area (TPSA) is 111 Å². The van der Waals surface area contributed by atoms with Gasteiger partial charge < -0.3 is 10.2 Å². The molecule has 1 heterocycles. The number of aromatic nitrogens is 2. The molecule has 1 aromatic heterocycles. The molecule has 0 atom stereocenters. The van der Waals surface area contributed by atoms with Crippen LogP contribution in [0, 0.1) is 6.92 Å². The fourth-order valence-corrected chi connectivity index (χ4v) is 2.53. The van der Waals surface area contributed by atoms with E-state index in [1.807, 2.05) is 6.92 Å². The molecule has 0 aliphatic carbocycles. The van der Waals surface area contributed by atoms with E-state index in [2.05, 4.69) is 14.9 Å². The molecule has 0 aliphatic rings. The highest BCUT2D eigenvalue weighted by Crippen LogP contribution is 2.20. The molecule has 2 rings (SSSR count). The Morgan fingerprint density at radius 2 is 2.11 bits per heavy atom. The zero-order valence-corrected chi connectivity index (χ0v) is 11.4. The van der Waals surface area contributed by atoms with E-state index in [0.717, 1.165) is 12.0 Å². The maximum Gasteiger partial charge on any atom is 0.329 e. The van der Waals surface area contributed by atoms with Crippen LogP contribution in [0.15, 0.2) is 27.5 Å². The SMILES string of the molecule is CCc1ccc(S(=O)(=O)Nc2nnc(C)o2)cc1N. The summed E-state index contributed by atoms with van der Waals surface area (Å²) in [6.45, 7) is 3.51. The van der Waals surface area contributed by atoms with Gasteiger partial charge in [0.25, 0.3) is 10.0 Å². The average Bonchev–Trinajstić information content (AvgIpc) is 2.73. The number of nitrogens with zero attached hydrogens (tertiary/aromatic N) is 2. The fraction of sp³-hybridized carbons (Fsp3) is 0.273. The van der Waals surface area contributed by atoms with Crippen molar-refractivity contribution in [3.8, 4) is 0 Å². The summed E-state index contributed by atoms with van der Waals surface area (Å²) in [6.07, 6.45) is 0.739. The van der Waals surface area contributed by atoms with Crippen LogP contribution < -0.4 is 10.5 Å². The first-order valence-corrected chi connectivity index (χ1v) is 7.12. The molecule has 0 aliphatic heterocycles. The maximum atomic E-state index is 12.1. The number of aryl methyl sites for hydroxylation is 2. The van der Waals surface area contributed by atoms with Crippen LogP contribution in [0.25, 0.3) is 0 Å². The van der Waals surface area contributed by atoms with Crippen LogP contribution in [0.4, 0.5) is 11.7 Å². The lowest BCUT2D eigenvalue weighted by atomic mass is 10.1. The van der Waals surface area contributed by atoms with E-state index in [1.165, 1.54) is 12.1 Å². The minimum Gasteiger partial charge on any atom is -0.408 e. The number of rotatable bonds is 4. The summed E-state index contributed by atoms with van der Waals surface area (Å²) < 4.78 is 31.3. The maximum absolute atomic E-state index is 12.1. The monoisotopic (exact) mass is 282 g/mol. The van der Waals surface area contributed by atoms with Gasteiger partial charge in [0.1, 0.15) is 0 Å². The first-order valence-electron chi connectivity index (χ1n) is 5.63. The molecule has 0 spiro atoms. The molecule has 0 saturated heterocycles. The minimum absolute atomic E-state index is 0.0538. The zero-order valence-electron chi connectivity index (χ0n) is 10.5. The van der Waals surface area contributed by atoms with Crippen molar-refractivity contribution in [3.63, 3.8) is 0 Å². The van der Waals surface area contributed by atoms with Crippen molar-refractivity contribution < 1.29 is 12.8 Å². The highest BCUT2D eigenvalue weighted by molar-refractivity contribution is 7.92. The second-order valence-corrected chi connectivity index (χ2v) is 5.63. The van der Waals surface area contributed by atoms with Gasteiger partial charge in [0.15, 0.2) is 0 Å². The van der Waals surface area contributed by atoms with E-state index >= 15 is 0 Å². The predicted octanol–water partition coefficient (Wildman–Crippen LogP) is 1.32. The molecule has 0 radical (unpaired) electrons. The quantitative estimate of drug-likeness (QED) is 0.818. The van der Waals surface area contributed by atoms with Crippen LogP contribution in [0.5, 0.6) is 0 Å². The van der Waals surface area contributed by atoms with E-state index < -0.39 is 10.0 Å². The summed E-state index contributed by atoms with van der Waals surface area (Å²) in [7, 11) is -3.77. The lowest BCUT2D eigenvalue weighted by Gasteiger charge is -2.07. The lowest BCUT2D eigenvalue weighted by molar-refractivity contribution is 0.534. The molecule has 8 heteroatoms. The lowest BCUT2D eigenvalue weighted by Crippen LogP contribution is -2.13. The van der Waals surface area contributed by atoms with Crippen molar-refractivity contribution in [3.05, 3.63) is 29.7 Å². The highest BCUT2D eigenvalue weighted by atomic mass is 32.2. The summed E-state index contributed by atoms with van der Waals surface area (Å²) in [6, 6.07) is 4.41. The van der Waals surface area contributed by atoms with Crippen LogP contribution in [0.2, 0.25) is 0 Å². The number of nitrogen functional groups attached to an aromatic ring is 1. The second-order valence-electron chi connectivity index (χ2n) is 3.95. The van der Waals surface area contributed by atoms with Crippen molar-refractivity contribution in [1.82, 2.24) is 10.2 Å². The largest absolute Gasteiger partial charge is 0.408 e. The van der Waals surface area contributed by atoms with Crippen LogP contribution >= 0.6 is 0 Å². The van der Waals surface area contributed by atoms with Gasteiger partial charge in [-0.1, -0.05) is 18.1 Å². The van der Waals surface area contributed by atoms with Gasteiger partial charge in [-0.25, -0.2) is 13.1 Å². The van der Waals surface area contributed by atoms with Crippen molar-refractivity contribution in [1.29, 1.82) is 0 Å². The van der Waals surface area contributed by atoms with E-state index in [-0.39, 0.29) is 16.8 Å². The summed E-state index contributed by atoms with van der Waals surface area (Å²) in [5, 5.41) is 7.12. The van der Waals surface area contributed by atoms with Crippen LogP contribution in [0.1, 0.15) is 18.4 Å². The normalized spacial score (nSPS) is 11.5. The van der Waals surface area contributed by atoms with Crippen molar-refractivity contribution in [2.24, 2.45) is 0 Å². The van der Waals surface area contributed by atoms with Gasteiger partial charge in [-0.05, 0) is 24.1 Å². The van der Waals surface area contributed by atoms with Gasteiger partial charge in [0, 0.05) is 12.6 Å². The standard InChI is InChI=1S/C11H14N4O3S/c1-3-8-4-5-9(6-10(8)12)19(16,17)15-11-14-13-7(2)18-11/h4-6H,3,12H2,1-2H3,(H,14,15). The average molecular weight is 282 g/mol. The molecular formula is C11H14N4O3S. The number of hydrogen-bond acceptors (Lipinski definition) is 6. The third-order valence-electron chi connectivity index (χ3n) is 2.56. The van der Waals surface area contributed by atoms with Gasteiger partial charge in [-0.3, -0.25) is 0 Å². The summed E-state index contributed by atoms with van der Waals surface area (Å²) in [5.74, 6) is 0.276. The second kappa shape index (κ2) is 4.88. The van der Waals surface area contributed by atoms with Crippen LogP contribution in [0.3, 0.4) is 0 Å². The van der Waals surface area contributed by atoms with Gasteiger partial charge in [-0.15, -0.1) is 5.10 Å². The Hall–Kier alpha value is -2.09. The molecule has 3 N–H and O–H groups in total. The molecular weight excluding hydrogens is 268 g/mol. The van der Waals surface area contributed by atoms with E-state index in [1.54, 1.807) is 13.0 Å². The Bertz CT molecular complexity index is 694. The third kappa shape index (κ3) is 2.84. The van der Waals surface area contributed by atoms with Crippen molar-refractivity contribution >= 4 is 21.7 Å². The van der Waals surface area contributed by atoms with Crippen LogP contribution in [-0.2, 0) is 16.4 Å². The van der Waals surface area contributed by atoms with Gasteiger partial charge in [-0.2, -0.15) is 0 Å². The van der Waals surface area contributed by atoms with E-state index in [0.29, 0.717) is 5.69 Å². The van der Waals surface area contributed by atoms with Gasteiger partial charge in [0.05, 0.1) is 4.90 Å². The number of nitrogens with two attached hydrogens (primary N) is 1. The highest BCUT2D eigenvalue weighted by Gasteiger charge is 2.18. The molecule has 0 bridgehead atoms. The predicted molar refractivity (Wildman–Crippen MR) is 70.1 cm³/mol. The summed E-state index contributed by atoms with van der Waals surface area (Å²) in [4.78, 5) is 0.0538. The summed E-state index contributed by atoms with van der Waals surface area (Å²) >= 11 is 0. The zero-order chi connectivity index (χ0) is 14.0. The molecule has 1 aromatic carbocycles. The van der Waals surface area contributed by atoms with E-state index in [4.69, 9.17) is 10.2 Å². The number of benzene rings is 1. The Labute approximate surface area is 110 Å². The Morgan fingerprint density at radius 1 is 1.37 bits per heavy atom. The number of anilines is 2. The molecule has 0 unspecified atom stereocenters. The third-order valence-corrected chi connectivity index (χ3v) is 3.87. The van der Waals surface area contributed by atoms with Crippen molar-refractivity contribution in [2.75, 3.05) is 10.5 Å². The molecule has 0 saturated carbocycles. The van der Waals surface area contributed by atoms with Gasteiger partial charge in [0.2, 0.25) is 5.89 Å². The minimum atomic E-state index is -3.77. The Balaban J connectivity index is 2.31. The Kier molecular flexibility index (Phi) is 3.43. The number of nitrogens with one attached hydrogen (secondary N) is 1. The van der Waals surface area contributed by atoms with Crippen molar-refractivity contribution in [2.45, 2.75) is 25.2 Å². The van der Waals surface area contributed by atoms with E-state index in [9.17, 15) is 8.42 Å². The summed E-state index contributed by atoms with van der Waals surface area (Å²) in [5.41, 5.74) is 7.12. The molecule has 102 valence electrons.